The molecule has 8 nitrogen and oxygen atoms in total. The molecule has 11 heteroatoms. The molecule has 1 amide bonds. The molecule has 32 heavy (non-hydrogen) atoms. The Kier molecular flexibility index (Phi) is 5.83. The van der Waals surface area contributed by atoms with E-state index in [0.717, 1.165) is 0 Å². The van der Waals surface area contributed by atoms with Gasteiger partial charge in [-0.15, -0.1) is 0 Å². The Hall–Kier alpha value is -3.47. The number of H-pyrrole nitrogens is 1. The number of piperazine rings is 1. The van der Waals surface area contributed by atoms with Crippen LogP contribution in [0.5, 0.6) is 0 Å². The van der Waals surface area contributed by atoms with Crippen molar-refractivity contribution in [1.29, 1.82) is 0 Å². The summed E-state index contributed by atoms with van der Waals surface area (Å²) < 4.78 is 43.5. The number of benzene rings is 1. The molecule has 0 aliphatic carbocycles. The van der Waals surface area contributed by atoms with Gasteiger partial charge in [0.05, 0.1) is 11.2 Å². The molecular weight excluding hydrogens is 425 g/mol. The number of amides is 1. The first-order chi connectivity index (χ1) is 15.3. The number of nitrogens with zero attached hydrogens (tertiary/aromatic N) is 4. The summed E-state index contributed by atoms with van der Waals surface area (Å²) in [6.45, 7) is 3.36. The van der Waals surface area contributed by atoms with E-state index in [0.29, 0.717) is 26.2 Å². The number of aromatic nitrogens is 3. The number of aromatic amines is 1. The van der Waals surface area contributed by atoms with Crippen LogP contribution in [0.15, 0.2) is 23.0 Å². The van der Waals surface area contributed by atoms with E-state index in [4.69, 9.17) is 0 Å². The third-order valence-electron chi connectivity index (χ3n) is 5.51. The SMILES string of the molecule is CNC(=O)c1ccc(N2CCN(Cc3cc4[nH]c(=O)c(C)nc4c(F)c3F)CC2)c(F)n1. The van der Waals surface area contributed by atoms with Crippen molar-refractivity contribution < 1.29 is 18.0 Å². The maximum atomic E-state index is 14.6. The summed E-state index contributed by atoms with van der Waals surface area (Å²) >= 11 is 0. The average Bonchev–Trinajstić information content (AvgIpc) is 2.79. The van der Waals surface area contributed by atoms with Gasteiger partial charge in [0.15, 0.2) is 11.6 Å². The molecule has 0 radical (unpaired) electrons. The van der Waals surface area contributed by atoms with Gasteiger partial charge < -0.3 is 15.2 Å². The fraction of sp³-hybridized carbons (Fsp3) is 0.333. The second-order valence-electron chi connectivity index (χ2n) is 7.56. The van der Waals surface area contributed by atoms with Gasteiger partial charge in [0.25, 0.3) is 11.5 Å². The molecule has 4 rings (SSSR count). The Morgan fingerprint density at radius 3 is 2.50 bits per heavy atom. The number of fused-ring (bicyclic) bond motifs is 1. The summed E-state index contributed by atoms with van der Waals surface area (Å²) in [4.78, 5) is 37.2. The Bertz CT molecular complexity index is 1250. The summed E-state index contributed by atoms with van der Waals surface area (Å²) in [5, 5.41) is 2.39. The first kappa shape index (κ1) is 21.8. The fourth-order valence-corrected chi connectivity index (χ4v) is 3.73. The van der Waals surface area contributed by atoms with Crippen molar-refractivity contribution in [2.45, 2.75) is 13.5 Å². The molecule has 1 aliphatic rings. The van der Waals surface area contributed by atoms with Gasteiger partial charge in [-0.2, -0.15) is 4.39 Å². The highest BCUT2D eigenvalue weighted by molar-refractivity contribution is 5.92. The number of hydrogen-bond donors (Lipinski definition) is 2. The van der Waals surface area contributed by atoms with Crippen LogP contribution in [0.4, 0.5) is 18.9 Å². The number of halogens is 3. The van der Waals surface area contributed by atoms with E-state index in [1.54, 1.807) is 4.90 Å². The first-order valence-corrected chi connectivity index (χ1v) is 10.0. The van der Waals surface area contributed by atoms with Crippen LogP contribution in [0.1, 0.15) is 21.7 Å². The van der Waals surface area contributed by atoms with Gasteiger partial charge in [-0.1, -0.05) is 0 Å². The highest BCUT2D eigenvalue weighted by atomic mass is 19.2. The molecular formula is C21H21F3N6O2. The molecule has 0 unspecified atom stereocenters. The lowest BCUT2D eigenvalue weighted by atomic mass is 10.1. The second-order valence-corrected chi connectivity index (χ2v) is 7.56. The minimum absolute atomic E-state index is 0.0103. The van der Waals surface area contributed by atoms with Gasteiger partial charge in [-0.3, -0.25) is 14.5 Å². The predicted octanol–water partition coefficient (Wildman–Crippen LogP) is 1.73. The summed E-state index contributed by atoms with van der Waals surface area (Å²) in [6, 6.07) is 4.36. The minimum atomic E-state index is -1.10. The van der Waals surface area contributed by atoms with Crippen molar-refractivity contribution >= 4 is 22.6 Å². The summed E-state index contributed by atoms with van der Waals surface area (Å²) in [5.41, 5.74) is -0.101. The maximum Gasteiger partial charge on any atom is 0.269 e. The first-order valence-electron chi connectivity index (χ1n) is 10.0. The van der Waals surface area contributed by atoms with Crippen LogP contribution < -0.4 is 15.8 Å². The smallest absolute Gasteiger partial charge is 0.269 e. The maximum absolute atomic E-state index is 14.6. The lowest BCUT2D eigenvalue weighted by molar-refractivity contribution is 0.0957. The summed E-state index contributed by atoms with van der Waals surface area (Å²) in [5.74, 6) is -3.32. The van der Waals surface area contributed by atoms with E-state index >= 15 is 0 Å². The van der Waals surface area contributed by atoms with Crippen LogP contribution in [-0.4, -0.2) is 59.0 Å². The third-order valence-corrected chi connectivity index (χ3v) is 5.51. The molecule has 1 saturated heterocycles. The van der Waals surface area contributed by atoms with Crippen molar-refractivity contribution in [3.63, 3.8) is 0 Å². The van der Waals surface area contributed by atoms with E-state index in [1.165, 1.54) is 32.2 Å². The van der Waals surface area contributed by atoms with E-state index in [9.17, 15) is 22.8 Å². The van der Waals surface area contributed by atoms with Gasteiger partial charge in [0.1, 0.15) is 16.9 Å². The molecule has 0 atom stereocenters. The molecule has 3 heterocycles. The zero-order valence-corrected chi connectivity index (χ0v) is 17.5. The predicted molar refractivity (Wildman–Crippen MR) is 112 cm³/mol. The molecule has 1 aliphatic heterocycles. The number of aryl methyl sites for hydroxylation is 1. The van der Waals surface area contributed by atoms with Crippen molar-refractivity contribution in [1.82, 2.24) is 25.2 Å². The van der Waals surface area contributed by atoms with Crippen molar-refractivity contribution in [2.24, 2.45) is 0 Å². The molecule has 0 bridgehead atoms. The highest BCUT2D eigenvalue weighted by Gasteiger charge is 2.23. The molecule has 3 aromatic rings. The fourth-order valence-electron chi connectivity index (χ4n) is 3.73. The van der Waals surface area contributed by atoms with Crippen LogP contribution in [-0.2, 0) is 6.54 Å². The largest absolute Gasteiger partial charge is 0.365 e. The van der Waals surface area contributed by atoms with Crippen LogP contribution in [0.25, 0.3) is 11.0 Å². The molecule has 0 spiro atoms. The molecule has 2 N–H and O–H groups in total. The van der Waals surface area contributed by atoms with Gasteiger partial charge in [0, 0.05) is 45.3 Å². The standard InChI is InChI=1S/C21H21F3N6O2/c1-11-20(31)28-14-9-12(16(22)17(23)18(14)26-11)10-29-5-7-30(8-6-29)15-4-3-13(21(32)25-2)27-19(15)24/h3-4,9H,5-8,10H2,1-2H3,(H,25,32)(H,28,31). The van der Waals surface area contributed by atoms with E-state index in [2.05, 4.69) is 20.3 Å². The number of hydrogen-bond acceptors (Lipinski definition) is 6. The zero-order chi connectivity index (χ0) is 23.0. The number of anilines is 1. The number of carbonyl (C=O) groups excluding carboxylic acids is 1. The van der Waals surface area contributed by atoms with Crippen LogP contribution in [0, 0.1) is 24.5 Å². The van der Waals surface area contributed by atoms with E-state index in [1.807, 2.05) is 4.90 Å². The Labute approximate surface area is 181 Å². The van der Waals surface area contributed by atoms with Crippen molar-refractivity contribution in [3.8, 4) is 0 Å². The monoisotopic (exact) mass is 446 g/mol. The number of nitrogens with one attached hydrogen (secondary N) is 2. The van der Waals surface area contributed by atoms with Crippen LogP contribution >= 0.6 is 0 Å². The van der Waals surface area contributed by atoms with Crippen LogP contribution in [0.2, 0.25) is 0 Å². The van der Waals surface area contributed by atoms with Gasteiger partial charge in [-0.05, 0) is 25.1 Å². The minimum Gasteiger partial charge on any atom is -0.365 e. The Morgan fingerprint density at radius 1 is 1.12 bits per heavy atom. The third kappa shape index (κ3) is 4.03. The quantitative estimate of drug-likeness (QED) is 0.593. The average molecular weight is 446 g/mol. The summed E-state index contributed by atoms with van der Waals surface area (Å²) in [7, 11) is 1.44. The Morgan fingerprint density at radius 2 is 1.84 bits per heavy atom. The lowest BCUT2D eigenvalue weighted by Gasteiger charge is -2.36. The summed E-state index contributed by atoms with van der Waals surface area (Å²) in [6.07, 6.45) is 0. The molecule has 0 saturated carbocycles. The number of pyridine rings is 1. The van der Waals surface area contributed by atoms with E-state index < -0.39 is 29.0 Å². The Balaban J connectivity index is 1.48. The molecule has 2 aromatic heterocycles. The highest BCUT2D eigenvalue weighted by Crippen LogP contribution is 2.24. The zero-order valence-electron chi connectivity index (χ0n) is 17.5. The van der Waals surface area contributed by atoms with Gasteiger partial charge in [-0.25, -0.2) is 18.7 Å². The molecule has 168 valence electrons. The van der Waals surface area contributed by atoms with Gasteiger partial charge >= 0.3 is 0 Å². The normalized spacial score (nSPS) is 14.7. The second kappa shape index (κ2) is 8.58. The van der Waals surface area contributed by atoms with E-state index in [-0.39, 0.29) is 40.2 Å². The topological polar surface area (TPSA) is 94.2 Å². The van der Waals surface area contributed by atoms with Crippen molar-refractivity contribution in [2.75, 3.05) is 38.1 Å². The molecule has 1 aromatic carbocycles. The van der Waals surface area contributed by atoms with Gasteiger partial charge in [0.2, 0.25) is 5.95 Å². The lowest BCUT2D eigenvalue weighted by Crippen LogP contribution is -2.46. The van der Waals surface area contributed by atoms with Crippen LogP contribution in [0.3, 0.4) is 0 Å². The number of rotatable bonds is 4. The molecule has 1 fully saturated rings. The number of carbonyl (C=O) groups is 1. The van der Waals surface area contributed by atoms with Crippen molar-refractivity contribution in [3.05, 3.63) is 63.1 Å².